The Balaban J connectivity index is 1.96. The van der Waals surface area contributed by atoms with Crippen LogP contribution < -0.4 is 4.57 Å². The fourth-order valence-corrected chi connectivity index (χ4v) is 5.35. The molecule has 1 aromatic heterocycles. The van der Waals surface area contributed by atoms with Crippen LogP contribution in [0.25, 0.3) is 0 Å². The Labute approximate surface area is 215 Å². The van der Waals surface area contributed by atoms with Crippen LogP contribution in [0.1, 0.15) is 174 Å². The summed E-state index contributed by atoms with van der Waals surface area (Å²) in [6.07, 6.45) is 38.9. The molecule has 0 amide bonds. The Morgan fingerprint density at radius 3 is 1.29 bits per heavy atom. The minimum atomic E-state index is 1.11. The third kappa shape index (κ3) is 16.8. The predicted molar refractivity (Wildman–Crippen MR) is 152 cm³/mol. The maximum absolute atomic E-state index is 2.56. The third-order valence-electron chi connectivity index (χ3n) is 7.69. The largest absolute Gasteiger partial charge is 0.256 e. The number of unbranched alkanes of at least 4 members (excludes halogenated alkanes) is 21. The number of imidazole rings is 1. The first-order valence-electron chi connectivity index (χ1n) is 15.9. The van der Waals surface area contributed by atoms with Crippen LogP contribution in [-0.4, -0.2) is 4.57 Å². The molecule has 0 N–H and O–H groups in total. The van der Waals surface area contributed by atoms with Crippen molar-refractivity contribution in [2.75, 3.05) is 0 Å². The third-order valence-corrected chi connectivity index (χ3v) is 7.69. The smallest absolute Gasteiger partial charge is 0.235 e. The van der Waals surface area contributed by atoms with Gasteiger partial charge in [0.2, 0.25) is 0 Å². The van der Waals surface area contributed by atoms with Crippen LogP contribution in [-0.2, 0) is 19.5 Å². The molecule has 0 saturated heterocycles. The molecule has 2 heteroatoms. The molecule has 0 radical (unpaired) electrons. The van der Waals surface area contributed by atoms with Crippen LogP contribution in [0, 0.1) is 0 Å². The number of hydrogen-bond acceptors (Lipinski definition) is 0. The summed E-state index contributed by atoms with van der Waals surface area (Å²) in [6, 6.07) is 0. The second-order valence-electron chi connectivity index (χ2n) is 10.9. The van der Waals surface area contributed by atoms with E-state index in [1.54, 1.807) is 5.82 Å². The maximum Gasteiger partial charge on any atom is 0.256 e. The number of aryl methyl sites for hydroxylation is 2. The van der Waals surface area contributed by atoms with E-state index in [-0.39, 0.29) is 0 Å². The van der Waals surface area contributed by atoms with Crippen LogP contribution in [0.15, 0.2) is 12.4 Å². The molecule has 0 unspecified atom stereocenters. The van der Waals surface area contributed by atoms with Gasteiger partial charge in [-0.1, -0.05) is 142 Å². The van der Waals surface area contributed by atoms with Gasteiger partial charge in [0.15, 0.2) is 0 Å². The Bertz CT molecular complexity index is 533. The highest BCUT2D eigenvalue weighted by Gasteiger charge is 2.15. The van der Waals surface area contributed by atoms with Gasteiger partial charge < -0.3 is 0 Å². The quantitative estimate of drug-likeness (QED) is 0.0930. The van der Waals surface area contributed by atoms with Gasteiger partial charge in [0.05, 0.1) is 13.1 Å². The van der Waals surface area contributed by atoms with Gasteiger partial charge in [-0.3, -0.25) is 0 Å². The molecule has 34 heavy (non-hydrogen) atoms. The standard InChI is InChI=1S/C32H63N2/c1-4-7-9-11-13-14-15-16-17-18-19-20-21-22-23-25-27-29-34-31-30-33(6-3)32(34)28-26-24-12-10-8-5-2/h30-31H,4-29H2,1-3H3/q+1. The molecule has 0 bridgehead atoms. The van der Waals surface area contributed by atoms with Crippen molar-refractivity contribution < 1.29 is 4.57 Å². The van der Waals surface area contributed by atoms with Gasteiger partial charge in [-0.2, -0.15) is 0 Å². The first kappa shape index (κ1) is 31.2. The van der Waals surface area contributed by atoms with Crippen molar-refractivity contribution in [3.05, 3.63) is 18.2 Å². The van der Waals surface area contributed by atoms with Crippen molar-refractivity contribution in [2.24, 2.45) is 0 Å². The summed E-state index contributed by atoms with van der Waals surface area (Å²) in [5, 5.41) is 0. The zero-order chi connectivity index (χ0) is 24.5. The zero-order valence-corrected chi connectivity index (χ0v) is 23.9. The summed E-state index contributed by atoms with van der Waals surface area (Å²) >= 11 is 0. The lowest BCUT2D eigenvalue weighted by atomic mass is 10.0. The SMILES string of the molecule is CCCCCCCCCCCCCCCCCCC[n+]1ccn(CC)c1CCCCCCCC. The molecule has 1 heterocycles. The molecule has 200 valence electrons. The molecule has 0 aliphatic rings. The molecule has 0 aromatic carbocycles. The number of rotatable bonds is 26. The van der Waals surface area contributed by atoms with Gasteiger partial charge in [0.25, 0.3) is 5.82 Å². The molecule has 1 rings (SSSR count). The summed E-state index contributed by atoms with van der Waals surface area (Å²) < 4.78 is 5.03. The molecule has 0 atom stereocenters. The van der Waals surface area contributed by atoms with Crippen molar-refractivity contribution in [3.8, 4) is 0 Å². The van der Waals surface area contributed by atoms with E-state index in [9.17, 15) is 0 Å². The molecular weight excluding hydrogens is 412 g/mol. The highest BCUT2D eigenvalue weighted by molar-refractivity contribution is 4.83. The summed E-state index contributed by atoms with van der Waals surface area (Å²) in [6.45, 7) is 9.22. The summed E-state index contributed by atoms with van der Waals surface area (Å²) in [7, 11) is 0. The lowest BCUT2D eigenvalue weighted by Crippen LogP contribution is -2.37. The maximum atomic E-state index is 2.56. The second-order valence-corrected chi connectivity index (χ2v) is 10.9. The number of aromatic nitrogens is 2. The topological polar surface area (TPSA) is 8.81 Å². The van der Waals surface area contributed by atoms with Gasteiger partial charge in [0, 0.05) is 6.42 Å². The van der Waals surface area contributed by atoms with Crippen molar-refractivity contribution in [2.45, 2.75) is 188 Å². The Kier molecular flexibility index (Phi) is 22.0. The van der Waals surface area contributed by atoms with Crippen LogP contribution in [0.3, 0.4) is 0 Å². The van der Waals surface area contributed by atoms with E-state index in [1.807, 2.05) is 0 Å². The minimum absolute atomic E-state index is 1.11. The van der Waals surface area contributed by atoms with Crippen molar-refractivity contribution >= 4 is 0 Å². The first-order valence-corrected chi connectivity index (χ1v) is 15.9. The molecular formula is C32H63N2+. The van der Waals surface area contributed by atoms with Gasteiger partial charge in [-0.25, -0.2) is 9.13 Å². The van der Waals surface area contributed by atoms with Gasteiger partial charge in [-0.05, 0) is 26.2 Å². The van der Waals surface area contributed by atoms with Crippen molar-refractivity contribution in [1.82, 2.24) is 4.57 Å². The van der Waals surface area contributed by atoms with Gasteiger partial charge in [-0.15, -0.1) is 0 Å². The van der Waals surface area contributed by atoms with E-state index >= 15 is 0 Å². The summed E-state index contributed by atoms with van der Waals surface area (Å²) in [5.41, 5.74) is 0. The predicted octanol–water partition coefficient (Wildman–Crippen LogP) is 10.4. The minimum Gasteiger partial charge on any atom is -0.235 e. The second kappa shape index (κ2) is 23.9. The van der Waals surface area contributed by atoms with Crippen LogP contribution in [0.5, 0.6) is 0 Å². The lowest BCUT2D eigenvalue weighted by Gasteiger charge is -2.06. The highest BCUT2D eigenvalue weighted by Crippen LogP contribution is 2.14. The molecule has 1 aromatic rings. The zero-order valence-electron chi connectivity index (χ0n) is 23.9. The monoisotopic (exact) mass is 475 g/mol. The van der Waals surface area contributed by atoms with E-state index in [1.165, 1.54) is 161 Å². The fraction of sp³-hybridized carbons (Fsp3) is 0.906. The van der Waals surface area contributed by atoms with Gasteiger partial charge in [0.1, 0.15) is 12.4 Å². The van der Waals surface area contributed by atoms with Gasteiger partial charge >= 0.3 is 0 Å². The van der Waals surface area contributed by atoms with Crippen molar-refractivity contribution in [3.63, 3.8) is 0 Å². The number of nitrogens with zero attached hydrogens (tertiary/aromatic N) is 2. The first-order chi connectivity index (χ1) is 16.8. The van der Waals surface area contributed by atoms with E-state index in [0.29, 0.717) is 0 Å². The molecule has 2 nitrogen and oxygen atoms in total. The average Bonchev–Trinajstić information content (AvgIpc) is 3.24. The van der Waals surface area contributed by atoms with E-state index in [2.05, 4.69) is 42.3 Å². The van der Waals surface area contributed by atoms with Crippen molar-refractivity contribution in [1.29, 1.82) is 0 Å². The lowest BCUT2D eigenvalue weighted by molar-refractivity contribution is -0.704. The van der Waals surface area contributed by atoms with E-state index in [0.717, 1.165) is 6.54 Å². The fourth-order valence-electron chi connectivity index (χ4n) is 5.35. The summed E-state index contributed by atoms with van der Waals surface area (Å²) in [5.74, 6) is 1.56. The van der Waals surface area contributed by atoms with Crippen LogP contribution in [0.4, 0.5) is 0 Å². The van der Waals surface area contributed by atoms with Crippen LogP contribution in [0.2, 0.25) is 0 Å². The molecule has 0 fully saturated rings. The Hall–Kier alpha value is -0.790. The molecule has 0 spiro atoms. The van der Waals surface area contributed by atoms with E-state index in [4.69, 9.17) is 0 Å². The average molecular weight is 476 g/mol. The molecule has 0 saturated carbocycles. The van der Waals surface area contributed by atoms with Crippen LogP contribution >= 0.6 is 0 Å². The Morgan fingerprint density at radius 2 is 0.882 bits per heavy atom. The Morgan fingerprint density at radius 1 is 0.500 bits per heavy atom. The number of hydrogen-bond donors (Lipinski definition) is 0. The molecule has 0 aliphatic carbocycles. The van der Waals surface area contributed by atoms with E-state index < -0.39 is 0 Å². The highest BCUT2D eigenvalue weighted by atomic mass is 15.1. The summed E-state index contributed by atoms with van der Waals surface area (Å²) in [4.78, 5) is 0. The molecule has 0 aliphatic heterocycles. The normalized spacial score (nSPS) is 11.5.